The van der Waals surface area contributed by atoms with Gasteiger partial charge in [0, 0.05) is 11.1 Å². The first-order valence-corrected chi connectivity index (χ1v) is 5.56. The molecular formula is C12H18ClN. The molecule has 1 N–H and O–H groups in total. The summed E-state index contributed by atoms with van der Waals surface area (Å²) in [6.07, 6.45) is 1.09. The van der Waals surface area contributed by atoms with Gasteiger partial charge in [-0.25, -0.2) is 0 Å². The van der Waals surface area contributed by atoms with Crippen LogP contribution in [0.1, 0.15) is 37.4 Å². The zero-order chi connectivity index (χ0) is 10.6. The Morgan fingerprint density at radius 3 is 2.64 bits per heavy atom. The van der Waals surface area contributed by atoms with Gasteiger partial charge in [-0.15, -0.1) is 0 Å². The molecule has 0 bridgehead atoms. The summed E-state index contributed by atoms with van der Waals surface area (Å²) in [6, 6.07) is 6.52. The lowest BCUT2D eigenvalue weighted by Crippen LogP contribution is -2.20. The highest BCUT2D eigenvalue weighted by atomic mass is 35.5. The van der Waals surface area contributed by atoms with Crippen LogP contribution < -0.4 is 5.32 Å². The van der Waals surface area contributed by atoms with Crippen LogP contribution in [0.5, 0.6) is 0 Å². The van der Waals surface area contributed by atoms with Crippen LogP contribution in [-0.2, 0) is 0 Å². The molecule has 0 spiro atoms. The van der Waals surface area contributed by atoms with Crippen molar-refractivity contribution in [1.82, 2.24) is 5.32 Å². The van der Waals surface area contributed by atoms with Crippen LogP contribution in [0.4, 0.5) is 0 Å². The van der Waals surface area contributed by atoms with Gasteiger partial charge < -0.3 is 5.32 Å². The third kappa shape index (κ3) is 2.73. The third-order valence-corrected chi connectivity index (χ3v) is 2.71. The van der Waals surface area contributed by atoms with Gasteiger partial charge in [0.25, 0.3) is 0 Å². The summed E-state index contributed by atoms with van der Waals surface area (Å²) >= 11 is 5.99. The maximum atomic E-state index is 5.99. The van der Waals surface area contributed by atoms with Crippen LogP contribution in [0.2, 0.25) is 5.02 Å². The molecule has 1 nitrogen and oxygen atoms in total. The number of nitrogens with one attached hydrogen (secondary N) is 1. The van der Waals surface area contributed by atoms with E-state index in [1.807, 2.05) is 6.07 Å². The van der Waals surface area contributed by atoms with E-state index in [4.69, 9.17) is 11.6 Å². The minimum absolute atomic E-state index is 0.429. The molecule has 0 aliphatic heterocycles. The number of halogens is 1. The van der Waals surface area contributed by atoms with Gasteiger partial charge in [0.2, 0.25) is 0 Å². The first-order valence-electron chi connectivity index (χ1n) is 5.18. The molecule has 78 valence electrons. The Bertz CT molecular complexity index is 296. The fourth-order valence-corrected chi connectivity index (χ4v) is 1.89. The number of rotatable bonds is 4. The predicted molar refractivity (Wildman–Crippen MR) is 62.9 cm³/mol. The van der Waals surface area contributed by atoms with Crippen LogP contribution in [0.25, 0.3) is 0 Å². The van der Waals surface area contributed by atoms with E-state index in [1.165, 1.54) is 11.1 Å². The highest BCUT2D eigenvalue weighted by molar-refractivity contribution is 6.30. The Balaban J connectivity index is 2.96. The van der Waals surface area contributed by atoms with Gasteiger partial charge >= 0.3 is 0 Å². The molecule has 1 unspecified atom stereocenters. The number of aryl methyl sites for hydroxylation is 1. The van der Waals surface area contributed by atoms with Crippen molar-refractivity contribution in [2.45, 2.75) is 33.2 Å². The molecule has 0 radical (unpaired) electrons. The summed E-state index contributed by atoms with van der Waals surface area (Å²) < 4.78 is 0. The minimum atomic E-state index is 0.429. The van der Waals surface area contributed by atoms with Gasteiger partial charge in [-0.2, -0.15) is 0 Å². The lowest BCUT2D eigenvalue weighted by molar-refractivity contribution is 0.535. The lowest BCUT2D eigenvalue weighted by atomic mass is 9.99. The molecular weight excluding hydrogens is 194 g/mol. The van der Waals surface area contributed by atoms with E-state index in [-0.39, 0.29) is 0 Å². The first kappa shape index (κ1) is 11.5. The van der Waals surface area contributed by atoms with Crippen molar-refractivity contribution in [3.8, 4) is 0 Å². The van der Waals surface area contributed by atoms with E-state index in [2.05, 4.69) is 38.2 Å². The van der Waals surface area contributed by atoms with Gasteiger partial charge in [0.15, 0.2) is 0 Å². The van der Waals surface area contributed by atoms with E-state index in [1.54, 1.807) is 0 Å². The average Bonchev–Trinajstić information content (AvgIpc) is 2.18. The molecule has 2 heteroatoms. The van der Waals surface area contributed by atoms with Gasteiger partial charge in [0.05, 0.1) is 0 Å². The Morgan fingerprint density at radius 2 is 2.07 bits per heavy atom. The zero-order valence-electron chi connectivity index (χ0n) is 9.10. The number of hydrogen-bond donors (Lipinski definition) is 1. The van der Waals surface area contributed by atoms with Crippen molar-refractivity contribution < 1.29 is 0 Å². The summed E-state index contributed by atoms with van der Waals surface area (Å²) in [5.74, 6) is 0. The van der Waals surface area contributed by atoms with E-state index in [9.17, 15) is 0 Å². The molecule has 0 aliphatic rings. The summed E-state index contributed by atoms with van der Waals surface area (Å²) in [4.78, 5) is 0. The van der Waals surface area contributed by atoms with Crippen LogP contribution in [0.15, 0.2) is 18.2 Å². The van der Waals surface area contributed by atoms with E-state index in [0.29, 0.717) is 6.04 Å². The molecule has 0 aliphatic carbocycles. The number of hydrogen-bond acceptors (Lipinski definition) is 1. The molecule has 14 heavy (non-hydrogen) atoms. The highest BCUT2D eigenvalue weighted by Crippen LogP contribution is 2.23. The Hall–Kier alpha value is -0.530. The standard InChI is InChI=1S/C12H18ClN/c1-4-12(14-5-2)11-8-10(13)7-6-9(11)3/h6-8,12,14H,4-5H2,1-3H3. The van der Waals surface area contributed by atoms with Crippen LogP contribution >= 0.6 is 11.6 Å². The Labute approximate surface area is 91.5 Å². The third-order valence-electron chi connectivity index (χ3n) is 2.48. The zero-order valence-corrected chi connectivity index (χ0v) is 9.86. The second-order valence-electron chi connectivity index (χ2n) is 3.52. The molecule has 1 atom stereocenters. The van der Waals surface area contributed by atoms with Gasteiger partial charge in [0.1, 0.15) is 0 Å². The maximum absolute atomic E-state index is 5.99. The molecule has 0 saturated carbocycles. The molecule has 0 amide bonds. The van der Waals surface area contributed by atoms with E-state index in [0.717, 1.165) is 18.0 Å². The average molecular weight is 212 g/mol. The van der Waals surface area contributed by atoms with Crippen molar-refractivity contribution in [1.29, 1.82) is 0 Å². The fraction of sp³-hybridized carbons (Fsp3) is 0.500. The molecule has 1 aromatic carbocycles. The normalized spacial score (nSPS) is 12.9. The molecule has 1 aromatic rings. The molecule has 0 saturated heterocycles. The molecule has 1 rings (SSSR count). The van der Waals surface area contributed by atoms with Gasteiger partial charge in [-0.3, -0.25) is 0 Å². The SMILES string of the molecule is CCNC(CC)c1cc(Cl)ccc1C. The van der Waals surface area contributed by atoms with Crippen molar-refractivity contribution in [3.63, 3.8) is 0 Å². The smallest absolute Gasteiger partial charge is 0.0409 e. The second-order valence-corrected chi connectivity index (χ2v) is 3.96. The van der Waals surface area contributed by atoms with Gasteiger partial charge in [-0.1, -0.05) is 31.5 Å². The number of benzene rings is 1. The largest absolute Gasteiger partial charge is 0.310 e. The summed E-state index contributed by atoms with van der Waals surface area (Å²) in [5, 5.41) is 4.28. The topological polar surface area (TPSA) is 12.0 Å². The summed E-state index contributed by atoms with van der Waals surface area (Å²) in [5.41, 5.74) is 2.63. The van der Waals surface area contributed by atoms with Crippen molar-refractivity contribution >= 4 is 11.6 Å². The van der Waals surface area contributed by atoms with E-state index >= 15 is 0 Å². The first-order chi connectivity index (χ1) is 6.69. The van der Waals surface area contributed by atoms with Crippen LogP contribution in [-0.4, -0.2) is 6.54 Å². The Kier molecular flexibility index (Phi) is 4.43. The quantitative estimate of drug-likeness (QED) is 0.801. The monoisotopic (exact) mass is 211 g/mol. The maximum Gasteiger partial charge on any atom is 0.0409 e. The van der Waals surface area contributed by atoms with E-state index < -0.39 is 0 Å². The predicted octanol–water partition coefficient (Wildman–Crippen LogP) is 3.71. The summed E-state index contributed by atoms with van der Waals surface area (Å²) in [7, 11) is 0. The second kappa shape index (κ2) is 5.38. The van der Waals surface area contributed by atoms with Crippen molar-refractivity contribution in [2.75, 3.05) is 6.54 Å². The fourth-order valence-electron chi connectivity index (χ4n) is 1.71. The molecule has 0 fully saturated rings. The highest BCUT2D eigenvalue weighted by Gasteiger charge is 2.10. The van der Waals surface area contributed by atoms with Crippen LogP contribution in [0.3, 0.4) is 0 Å². The minimum Gasteiger partial charge on any atom is -0.310 e. The summed E-state index contributed by atoms with van der Waals surface area (Å²) in [6.45, 7) is 7.44. The lowest BCUT2D eigenvalue weighted by Gasteiger charge is -2.18. The molecule has 0 heterocycles. The molecule has 0 aromatic heterocycles. The Morgan fingerprint density at radius 1 is 1.36 bits per heavy atom. The van der Waals surface area contributed by atoms with Gasteiger partial charge in [-0.05, 0) is 43.1 Å². The van der Waals surface area contributed by atoms with Crippen molar-refractivity contribution in [3.05, 3.63) is 34.3 Å². The van der Waals surface area contributed by atoms with Crippen LogP contribution in [0, 0.1) is 6.92 Å². The van der Waals surface area contributed by atoms with Crippen molar-refractivity contribution in [2.24, 2.45) is 0 Å².